The van der Waals surface area contributed by atoms with E-state index in [0.717, 1.165) is 6.07 Å². The quantitative estimate of drug-likeness (QED) is 0.729. The highest BCUT2D eigenvalue weighted by Gasteiger charge is 2.22. The van der Waals surface area contributed by atoms with E-state index in [4.69, 9.17) is 5.11 Å². The maximum atomic E-state index is 13.3. The van der Waals surface area contributed by atoms with Crippen LogP contribution in [0.15, 0.2) is 12.1 Å². The van der Waals surface area contributed by atoms with E-state index < -0.39 is 17.9 Å². The summed E-state index contributed by atoms with van der Waals surface area (Å²) in [5.74, 6) is -2.28. The average molecular weight is 211 g/mol. The molecule has 6 heteroatoms. The van der Waals surface area contributed by atoms with Gasteiger partial charge >= 0.3 is 12.1 Å². The molecule has 78 valence electrons. The number of fused-ring (bicyclic) bond motifs is 1. The Balaban J connectivity index is 2.52. The molecule has 1 heterocycles. The van der Waals surface area contributed by atoms with E-state index >= 15 is 0 Å². The first kappa shape index (κ1) is 9.45. The molecule has 1 amide bonds. The SMILES string of the molecule is O=C1NCc2cc(C(=O)O)cc(F)c2O1. The summed E-state index contributed by atoms with van der Waals surface area (Å²) in [6.45, 7) is 0.0617. The van der Waals surface area contributed by atoms with Crippen LogP contribution in [0, 0.1) is 5.82 Å². The van der Waals surface area contributed by atoms with Gasteiger partial charge in [0.1, 0.15) is 0 Å². The lowest BCUT2D eigenvalue weighted by molar-refractivity contribution is 0.0696. The fourth-order valence-electron chi connectivity index (χ4n) is 1.32. The Kier molecular flexibility index (Phi) is 2.03. The summed E-state index contributed by atoms with van der Waals surface area (Å²) >= 11 is 0. The maximum Gasteiger partial charge on any atom is 0.412 e. The Morgan fingerprint density at radius 2 is 2.27 bits per heavy atom. The van der Waals surface area contributed by atoms with Crippen molar-refractivity contribution in [3.63, 3.8) is 0 Å². The second-order valence-electron chi connectivity index (χ2n) is 2.99. The minimum atomic E-state index is -1.23. The van der Waals surface area contributed by atoms with Gasteiger partial charge in [0, 0.05) is 12.1 Å². The van der Waals surface area contributed by atoms with E-state index in [2.05, 4.69) is 10.1 Å². The van der Waals surface area contributed by atoms with Gasteiger partial charge < -0.3 is 15.2 Å². The molecule has 0 saturated heterocycles. The number of carbonyl (C=O) groups excluding carboxylic acids is 1. The van der Waals surface area contributed by atoms with Crippen LogP contribution >= 0.6 is 0 Å². The Labute approximate surface area is 83.5 Å². The Hall–Kier alpha value is -2.11. The molecule has 0 spiro atoms. The van der Waals surface area contributed by atoms with E-state index in [-0.39, 0.29) is 17.9 Å². The molecule has 2 N–H and O–H groups in total. The van der Waals surface area contributed by atoms with Crippen molar-refractivity contribution >= 4 is 12.1 Å². The molecule has 0 radical (unpaired) electrons. The standard InChI is InChI=1S/C9H6FNO4/c10-6-2-4(8(12)13)1-5-3-11-9(14)15-7(5)6/h1-2H,3H2,(H,11,14)(H,12,13). The van der Waals surface area contributed by atoms with E-state index in [1.165, 1.54) is 6.07 Å². The molecule has 15 heavy (non-hydrogen) atoms. The smallest absolute Gasteiger partial charge is 0.412 e. The first-order valence-corrected chi connectivity index (χ1v) is 4.09. The van der Waals surface area contributed by atoms with Gasteiger partial charge in [-0.1, -0.05) is 0 Å². The topological polar surface area (TPSA) is 75.6 Å². The first-order valence-electron chi connectivity index (χ1n) is 4.09. The highest BCUT2D eigenvalue weighted by molar-refractivity contribution is 5.88. The zero-order valence-electron chi connectivity index (χ0n) is 7.41. The number of nitrogens with one attached hydrogen (secondary N) is 1. The largest absolute Gasteiger partial charge is 0.478 e. The lowest BCUT2D eigenvalue weighted by Crippen LogP contribution is -2.32. The van der Waals surface area contributed by atoms with E-state index in [9.17, 15) is 14.0 Å². The van der Waals surface area contributed by atoms with Crippen LogP contribution in [0.1, 0.15) is 15.9 Å². The van der Waals surface area contributed by atoms with Gasteiger partial charge in [-0.05, 0) is 12.1 Å². The molecule has 2 rings (SSSR count). The summed E-state index contributed by atoms with van der Waals surface area (Å²) in [7, 11) is 0. The molecule has 0 fully saturated rings. The van der Waals surface area contributed by atoms with Crippen LogP contribution in [0.5, 0.6) is 5.75 Å². The van der Waals surface area contributed by atoms with Crippen molar-refractivity contribution < 1.29 is 23.8 Å². The van der Waals surface area contributed by atoms with Crippen molar-refractivity contribution in [2.75, 3.05) is 0 Å². The van der Waals surface area contributed by atoms with Crippen molar-refractivity contribution in [2.24, 2.45) is 0 Å². The van der Waals surface area contributed by atoms with Gasteiger partial charge in [-0.25, -0.2) is 14.0 Å². The molecule has 5 nitrogen and oxygen atoms in total. The maximum absolute atomic E-state index is 13.3. The summed E-state index contributed by atoms with van der Waals surface area (Å²) in [4.78, 5) is 21.4. The molecule has 0 atom stereocenters. The number of amides is 1. The molecule has 0 bridgehead atoms. The number of halogens is 1. The summed E-state index contributed by atoms with van der Waals surface area (Å²) in [6.07, 6.45) is -0.746. The van der Waals surface area contributed by atoms with Crippen LogP contribution in [0.4, 0.5) is 9.18 Å². The van der Waals surface area contributed by atoms with Crippen LogP contribution in [-0.2, 0) is 6.54 Å². The van der Waals surface area contributed by atoms with E-state index in [0.29, 0.717) is 5.56 Å². The minimum Gasteiger partial charge on any atom is -0.478 e. The Bertz CT molecular complexity index is 458. The molecule has 1 aromatic rings. The van der Waals surface area contributed by atoms with Gasteiger partial charge in [-0.2, -0.15) is 0 Å². The molecular weight excluding hydrogens is 205 g/mol. The lowest BCUT2D eigenvalue weighted by Gasteiger charge is -2.17. The Morgan fingerprint density at radius 3 is 2.93 bits per heavy atom. The zero-order valence-corrected chi connectivity index (χ0v) is 7.41. The van der Waals surface area contributed by atoms with Gasteiger partial charge in [0.2, 0.25) is 0 Å². The average Bonchev–Trinajstić information content (AvgIpc) is 2.18. The van der Waals surface area contributed by atoms with Gasteiger partial charge in [0.25, 0.3) is 0 Å². The zero-order chi connectivity index (χ0) is 11.0. The van der Waals surface area contributed by atoms with Crippen molar-refractivity contribution in [1.29, 1.82) is 0 Å². The molecule has 1 aromatic carbocycles. The predicted octanol–water partition coefficient (Wildman–Crippen LogP) is 1.13. The third-order valence-corrected chi connectivity index (χ3v) is 1.99. The van der Waals surface area contributed by atoms with Crippen LogP contribution in [0.25, 0.3) is 0 Å². The number of hydrogen-bond donors (Lipinski definition) is 2. The minimum absolute atomic E-state index is 0.0617. The van der Waals surface area contributed by atoms with Gasteiger partial charge in [0.05, 0.1) is 5.56 Å². The molecular formula is C9H6FNO4. The number of aromatic carboxylic acids is 1. The first-order chi connectivity index (χ1) is 7.08. The van der Waals surface area contributed by atoms with Crippen molar-refractivity contribution in [2.45, 2.75) is 6.54 Å². The third-order valence-electron chi connectivity index (χ3n) is 1.99. The fourth-order valence-corrected chi connectivity index (χ4v) is 1.32. The van der Waals surface area contributed by atoms with Crippen LogP contribution in [0.2, 0.25) is 0 Å². The van der Waals surface area contributed by atoms with Gasteiger partial charge in [-0.15, -0.1) is 0 Å². The molecule has 0 aromatic heterocycles. The molecule has 1 aliphatic rings. The van der Waals surface area contributed by atoms with Crippen molar-refractivity contribution in [3.05, 3.63) is 29.1 Å². The molecule has 0 saturated carbocycles. The van der Waals surface area contributed by atoms with Crippen molar-refractivity contribution in [3.8, 4) is 5.75 Å². The molecule has 0 aliphatic carbocycles. The van der Waals surface area contributed by atoms with Gasteiger partial charge in [-0.3, -0.25) is 0 Å². The van der Waals surface area contributed by atoms with E-state index in [1.54, 1.807) is 0 Å². The number of rotatable bonds is 1. The number of carbonyl (C=O) groups is 2. The summed E-state index contributed by atoms with van der Waals surface area (Å²) in [6, 6.07) is 2.08. The number of carboxylic acids is 1. The second-order valence-corrected chi connectivity index (χ2v) is 2.99. The number of carboxylic acid groups (broad SMARTS) is 1. The number of hydrogen-bond acceptors (Lipinski definition) is 3. The van der Waals surface area contributed by atoms with Crippen LogP contribution < -0.4 is 10.1 Å². The monoisotopic (exact) mass is 211 g/mol. The highest BCUT2D eigenvalue weighted by Crippen LogP contribution is 2.27. The molecule has 0 unspecified atom stereocenters. The lowest BCUT2D eigenvalue weighted by atomic mass is 10.1. The number of benzene rings is 1. The predicted molar refractivity (Wildman–Crippen MR) is 46.2 cm³/mol. The summed E-state index contributed by atoms with van der Waals surface area (Å²) < 4.78 is 17.9. The fraction of sp³-hybridized carbons (Fsp3) is 0.111. The highest BCUT2D eigenvalue weighted by atomic mass is 19.1. The summed E-state index contributed by atoms with van der Waals surface area (Å²) in [5.41, 5.74) is 0.137. The van der Waals surface area contributed by atoms with Crippen LogP contribution in [0.3, 0.4) is 0 Å². The third kappa shape index (κ3) is 1.61. The molecule has 1 aliphatic heterocycles. The van der Waals surface area contributed by atoms with Gasteiger partial charge in [0.15, 0.2) is 11.6 Å². The number of ether oxygens (including phenoxy) is 1. The summed E-state index contributed by atoms with van der Waals surface area (Å²) in [5, 5.41) is 11.0. The van der Waals surface area contributed by atoms with E-state index in [1.807, 2.05) is 0 Å². The normalized spacial score (nSPS) is 13.8. The van der Waals surface area contributed by atoms with Crippen molar-refractivity contribution in [1.82, 2.24) is 5.32 Å². The van der Waals surface area contributed by atoms with Crippen LogP contribution in [-0.4, -0.2) is 17.2 Å². The Morgan fingerprint density at radius 1 is 1.53 bits per heavy atom. The second kappa shape index (κ2) is 3.23.